The number of nitrogens with zero attached hydrogens (tertiary/aromatic N) is 2. The van der Waals surface area contributed by atoms with Gasteiger partial charge in [-0.15, -0.1) is 0 Å². The van der Waals surface area contributed by atoms with E-state index in [4.69, 9.17) is 0 Å². The Balaban J connectivity index is 1.44. The molecule has 0 bridgehead atoms. The highest BCUT2D eigenvalue weighted by molar-refractivity contribution is 7.89. The van der Waals surface area contributed by atoms with Gasteiger partial charge in [0, 0.05) is 31.7 Å². The number of carbonyl (C=O) groups excluding carboxylic acids is 2. The molecular weight excluding hydrogens is 450 g/mol. The second-order valence-corrected chi connectivity index (χ2v) is 11.4. The van der Waals surface area contributed by atoms with Crippen molar-refractivity contribution >= 4 is 27.5 Å². The van der Waals surface area contributed by atoms with Crippen LogP contribution in [-0.2, 0) is 26.0 Å². The molecule has 7 nitrogen and oxygen atoms in total. The molecule has 1 unspecified atom stereocenters. The summed E-state index contributed by atoms with van der Waals surface area (Å²) in [6.45, 7) is 5.65. The first kappa shape index (κ1) is 24.4. The number of carbonyl (C=O) groups is 2. The van der Waals surface area contributed by atoms with E-state index in [0.717, 1.165) is 24.0 Å². The molecule has 4 rings (SSSR count). The average molecular weight is 484 g/mol. The zero-order valence-electron chi connectivity index (χ0n) is 19.9. The van der Waals surface area contributed by atoms with Gasteiger partial charge in [-0.3, -0.25) is 9.59 Å². The fourth-order valence-electron chi connectivity index (χ4n) is 4.61. The van der Waals surface area contributed by atoms with Crippen LogP contribution >= 0.6 is 0 Å². The van der Waals surface area contributed by atoms with Gasteiger partial charge in [-0.1, -0.05) is 44.2 Å². The molecule has 1 saturated heterocycles. The summed E-state index contributed by atoms with van der Waals surface area (Å²) in [6.07, 6.45) is 2.46. The lowest BCUT2D eigenvalue weighted by Crippen LogP contribution is -2.44. The molecule has 2 aliphatic rings. The van der Waals surface area contributed by atoms with Crippen LogP contribution in [0.4, 0.5) is 5.69 Å². The van der Waals surface area contributed by atoms with Crippen LogP contribution in [0.3, 0.4) is 0 Å². The van der Waals surface area contributed by atoms with Crippen LogP contribution in [0.15, 0.2) is 53.4 Å². The van der Waals surface area contributed by atoms with Crippen molar-refractivity contribution in [2.75, 3.05) is 31.1 Å². The summed E-state index contributed by atoms with van der Waals surface area (Å²) in [5.74, 6) is 0.332. The zero-order valence-corrected chi connectivity index (χ0v) is 20.7. The van der Waals surface area contributed by atoms with Gasteiger partial charge in [0.15, 0.2) is 0 Å². The minimum Gasteiger partial charge on any atom is -0.354 e. The second kappa shape index (κ2) is 10.3. The molecule has 2 aliphatic heterocycles. The minimum atomic E-state index is -3.57. The summed E-state index contributed by atoms with van der Waals surface area (Å²) in [7, 11) is -3.57. The third kappa shape index (κ3) is 5.33. The van der Waals surface area contributed by atoms with Crippen molar-refractivity contribution in [2.24, 2.45) is 5.92 Å². The molecule has 1 N–H and O–H groups in total. The number of rotatable bonds is 7. The Hall–Kier alpha value is -2.71. The Morgan fingerprint density at radius 2 is 1.79 bits per heavy atom. The van der Waals surface area contributed by atoms with E-state index in [9.17, 15) is 18.0 Å². The van der Waals surface area contributed by atoms with Crippen molar-refractivity contribution < 1.29 is 18.0 Å². The van der Waals surface area contributed by atoms with Crippen LogP contribution in [0.25, 0.3) is 0 Å². The molecule has 0 spiro atoms. The number of hydrogen-bond donors (Lipinski definition) is 1. The standard InChI is InChI=1S/C26H33N3O4S/c1-19-12-14-28(15-13-19)34(32,33)23-9-10-24-22(16-23)8-11-26(31)29(24)18-25(30)27-17-20(2)21-6-4-3-5-7-21/h3-7,9-10,16,19-20H,8,11-15,17-18H2,1-2H3,(H,27,30). The van der Waals surface area contributed by atoms with Gasteiger partial charge in [-0.05, 0) is 60.4 Å². The van der Waals surface area contributed by atoms with Crippen LogP contribution in [0.1, 0.15) is 50.2 Å². The van der Waals surface area contributed by atoms with E-state index in [1.54, 1.807) is 22.5 Å². The highest BCUT2D eigenvalue weighted by Crippen LogP contribution is 2.32. The number of benzene rings is 2. The van der Waals surface area contributed by atoms with Gasteiger partial charge in [0.25, 0.3) is 0 Å². The van der Waals surface area contributed by atoms with Crippen molar-refractivity contribution in [1.29, 1.82) is 0 Å². The smallest absolute Gasteiger partial charge is 0.243 e. The summed E-state index contributed by atoms with van der Waals surface area (Å²) in [6, 6.07) is 14.9. The molecule has 0 radical (unpaired) electrons. The Labute approximate surface area is 202 Å². The first-order valence-corrected chi connectivity index (χ1v) is 13.4. The lowest BCUT2D eigenvalue weighted by atomic mass is 10.0. The molecular formula is C26H33N3O4S. The van der Waals surface area contributed by atoms with Crippen LogP contribution in [0, 0.1) is 5.92 Å². The second-order valence-electron chi connectivity index (χ2n) is 9.47. The number of anilines is 1. The Kier molecular flexibility index (Phi) is 7.38. The molecule has 8 heteroatoms. The molecule has 0 aliphatic carbocycles. The van der Waals surface area contributed by atoms with Gasteiger partial charge in [0.1, 0.15) is 6.54 Å². The van der Waals surface area contributed by atoms with Crippen LogP contribution in [0.2, 0.25) is 0 Å². The van der Waals surface area contributed by atoms with Crippen molar-refractivity contribution in [3.8, 4) is 0 Å². The maximum atomic E-state index is 13.2. The topological polar surface area (TPSA) is 86.8 Å². The third-order valence-corrected chi connectivity index (χ3v) is 8.80. The quantitative estimate of drug-likeness (QED) is 0.655. The number of nitrogens with one attached hydrogen (secondary N) is 1. The Bertz CT molecular complexity index is 1140. The van der Waals surface area contributed by atoms with E-state index < -0.39 is 10.0 Å². The molecule has 0 aromatic heterocycles. The molecule has 1 fully saturated rings. The maximum absolute atomic E-state index is 13.2. The molecule has 0 saturated carbocycles. The maximum Gasteiger partial charge on any atom is 0.243 e. The number of amides is 2. The van der Waals surface area contributed by atoms with Gasteiger partial charge < -0.3 is 10.2 Å². The van der Waals surface area contributed by atoms with E-state index in [-0.39, 0.29) is 35.6 Å². The summed E-state index contributed by atoms with van der Waals surface area (Å²) in [5.41, 5.74) is 2.55. The minimum absolute atomic E-state index is 0.0799. The predicted molar refractivity (Wildman–Crippen MR) is 132 cm³/mol. The van der Waals surface area contributed by atoms with Crippen LogP contribution < -0.4 is 10.2 Å². The monoisotopic (exact) mass is 483 g/mol. The predicted octanol–water partition coefficient (Wildman–Crippen LogP) is 3.31. The van der Waals surface area contributed by atoms with Crippen molar-refractivity contribution in [1.82, 2.24) is 9.62 Å². The highest BCUT2D eigenvalue weighted by Gasteiger charge is 2.31. The van der Waals surface area contributed by atoms with Crippen LogP contribution in [0.5, 0.6) is 0 Å². The van der Waals surface area contributed by atoms with Crippen molar-refractivity contribution in [2.45, 2.75) is 50.3 Å². The van der Waals surface area contributed by atoms with Gasteiger partial charge in [0.2, 0.25) is 21.8 Å². The van der Waals surface area contributed by atoms with Gasteiger partial charge in [0.05, 0.1) is 4.90 Å². The van der Waals surface area contributed by atoms with E-state index in [1.807, 2.05) is 37.3 Å². The molecule has 2 amide bonds. The third-order valence-electron chi connectivity index (χ3n) is 6.91. The van der Waals surface area contributed by atoms with Crippen LogP contribution in [-0.4, -0.2) is 50.7 Å². The first-order chi connectivity index (χ1) is 16.3. The van der Waals surface area contributed by atoms with E-state index >= 15 is 0 Å². The fraction of sp³-hybridized carbons (Fsp3) is 0.462. The first-order valence-electron chi connectivity index (χ1n) is 12.0. The molecule has 182 valence electrons. The fourth-order valence-corrected chi connectivity index (χ4v) is 6.13. The van der Waals surface area contributed by atoms with E-state index in [2.05, 4.69) is 12.2 Å². The number of piperidine rings is 1. The van der Waals surface area contributed by atoms with E-state index in [0.29, 0.717) is 37.7 Å². The summed E-state index contributed by atoms with van der Waals surface area (Å²) in [4.78, 5) is 27.0. The summed E-state index contributed by atoms with van der Waals surface area (Å²) >= 11 is 0. The molecule has 1 atom stereocenters. The average Bonchev–Trinajstić information content (AvgIpc) is 2.84. The number of hydrogen-bond acceptors (Lipinski definition) is 4. The highest BCUT2D eigenvalue weighted by atomic mass is 32.2. The lowest BCUT2D eigenvalue weighted by molar-refractivity contribution is -0.124. The summed E-state index contributed by atoms with van der Waals surface area (Å²) < 4.78 is 27.9. The zero-order chi connectivity index (χ0) is 24.3. The Morgan fingerprint density at radius 1 is 1.09 bits per heavy atom. The largest absolute Gasteiger partial charge is 0.354 e. The lowest BCUT2D eigenvalue weighted by Gasteiger charge is -2.31. The van der Waals surface area contributed by atoms with Gasteiger partial charge >= 0.3 is 0 Å². The SMILES string of the molecule is CC1CCN(S(=O)(=O)c2ccc3c(c2)CCC(=O)N3CC(=O)NCC(C)c2ccccc2)CC1. The summed E-state index contributed by atoms with van der Waals surface area (Å²) in [5, 5.41) is 2.93. The number of aryl methyl sites for hydroxylation is 1. The normalized spacial score (nSPS) is 18.4. The molecule has 2 aromatic rings. The molecule has 34 heavy (non-hydrogen) atoms. The van der Waals surface area contributed by atoms with Gasteiger partial charge in [-0.25, -0.2) is 8.42 Å². The number of sulfonamides is 1. The Morgan fingerprint density at radius 3 is 2.50 bits per heavy atom. The molecule has 2 heterocycles. The molecule has 2 aromatic carbocycles. The number of fused-ring (bicyclic) bond motifs is 1. The van der Waals surface area contributed by atoms with Crippen molar-refractivity contribution in [3.63, 3.8) is 0 Å². The van der Waals surface area contributed by atoms with Gasteiger partial charge in [-0.2, -0.15) is 4.31 Å². The van der Waals surface area contributed by atoms with E-state index in [1.165, 1.54) is 4.90 Å². The van der Waals surface area contributed by atoms with Crippen molar-refractivity contribution in [3.05, 3.63) is 59.7 Å².